The van der Waals surface area contributed by atoms with E-state index < -0.39 is 5.97 Å². The Bertz CT molecular complexity index is 902. The molecule has 7 heteroatoms. The zero-order valence-corrected chi connectivity index (χ0v) is 13.8. The molecule has 3 aromatic rings. The summed E-state index contributed by atoms with van der Waals surface area (Å²) >= 11 is 0. The summed E-state index contributed by atoms with van der Waals surface area (Å²) in [4.78, 5) is 25.3. The normalized spacial score (nSPS) is 10.3. The summed E-state index contributed by atoms with van der Waals surface area (Å²) < 4.78 is 4.64. The van der Waals surface area contributed by atoms with E-state index in [1.165, 1.54) is 11.9 Å². The summed E-state index contributed by atoms with van der Waals surface area (Å²) in [6.45, 7) is 1.72. The Hall–Kier alpha value is -3.48. The molecule has 0 spiro atoms. The second-order valence-electron chi connectivity index (χ2n) is 5.28. The predicted molar refractivity (Wildman–Crippen MR) is 91.8 cm³/mol. The third kappa shape index (κ3) is 3.55. The SMILES string of the molecule is COC(=O)c1ccc(NC(=O)c2nn(-c3ccccc3)nc2C)cc1. The summed E-state index contributed by atoms with van der Waals surface area (Å²) in [5, 5.41) is 11.3. The molecular formula is C18H16N4O3. The molecule has 7 nitrogen and oxygen atoms in total. The molecule has 0 aliphatic carbocycles. The summed E-state index contributed by atoms with van der Waals surface area (Å²) in [6.07, 6.45) is 0. The van der Waals surface area contributed by atoms with Crippen LogP contribution in [0, 0.1) is 6.92 Å². The lowest BCUT2D eigenvalue weighted by molar-refractivity contribution is 0.0600. The van der Waals surface area contributed by atoms with Gasteiger partial charge in [-0.3, -0.25) is 4.79 Å². The van der Waals surface area contributed by atoms with Crippen molar-refractivity contribution in [3.05, 3.63) is 71.5 Å². The number of anilines is 1. The van der Waals surface area contributed by atoms with Crippen molar-refractivity contribution in [3.8, 4) is 5.69 Å². The number of rotatable bonds is 4. The van der Waals surface area contributed by atoms with Crippen molar-refractivity contribution in [3.63, 3.8) is 0 Å². The Labute approximate surface area is 144 Å². The number of ether oxygens (including phenoxy) is 1. The quantitative estimate of drug-likeness (QED) is 0.740. The average Bonchev–Trinajstić information content (AvgIpc) is 3.04. The fourth-order valence-electron chi connectivity index (χ4n) is 2.26. The number of aromatic nitrogens is 3. The Morgan fingerprint density at radius 2 is 1.68 bits per heavy atom. The standard InChI is InChI=1S/C18H16N4O3/c1-12-16(21-22(20-12)15-6-4-3-5-7-15)17(23)19-14-10-8-13(9-11-14)18(24)25-2/h3-11H,1-2H3,(H,19,23). The summed E-state index contributed by atoms with van der Waals surface area (Å²) in [5.74, 6) is -0.801. The van der Waals surface area contributed by atoms with E-state index in [2.05, 4.69) is 20.3 Å². The molecule has 2 aromatic carbocycles. The van der Waals surface area contributed by atoms with Crippen LogP contribution in [0.5, 0.6) is 0 Å². The molecule has 0 bridgehead atoms. The van der Waals surface area contributed by atoms with Crippen LogP contribution >= 0.6 is 0 Å². The highest BCUT2D eigenvalue weighted by Gasteiger charge is 2.16. The Morgan fingerprint density at radius 1 is 1.00 bits per heavy atom. The van der Waals surface area contributed by atoms with Crippen LogP contribution in [-0.4, -0.2) is 34.0 Å². The van der Waals surface area contributed by atoms with E-state index in [1.54, 1.807) is 31.2 Å². The molecule has 1 heterocycles. The number of aryl methyl sites for hydroxylation is 1. The van der Waals surface area contributed by atoms with Crippen molar-refractivity contribution in [2.24, 2.45) is 0 Å². The molecule has 0 saturated carbocycles. The van der Waals surface area contributed by atoms with Crippen LogP contribution in [0.25, 0.3) is 5.69 Å². The second kappa shape index (κ2) is 6.96. The molecule has 1 amide bonds. The number of methoxy groups -OCH3 is 1. The number of benzene rings is 2. The maximum Gasteiger partial charge on any atom is 0.337 e. The van der Waals surface area contributed by atoms with Gasteiger partial charge in [-0.05, 0) is 43.3 Å². The zero-order valence-electron chi connectivity index (χ0n) is 13.8. The number of nitrogens with zero attached hydrogens (tertiary/aromatic N) is 3. The van der Waals surface area contributed by atoms with Gasteiger partial charge in [0, 0.05) is 5.69 Å². The number of hydrogen-bond donors (Lipinski definition) is 1. The molecule has 1 aromatic heterocycles. The maximum absolute atomic E-state index is 12.4. The summed E-state index contributed by atoms with van der Waals surface area (Å²) in [7, 11) is 1.32. The first kappa shape index (κ1) is 16.4. The smallest absolute Gasteiger partial charge is 0.337 e. The fraction of sp³-hybridized carbons (Fsp3) is 0.111. The first-order valence-corrected chi connectivity index (χ1v) is 7.57. The highest BCUT2D eigenvalue weighted by molar-refractivity contribution is 6.03. The highest BCUT2D eigenvalue weighted by Crippen LogP contribution is 2.13. The number of para-hydroxylation sites is 1. The Kier molecular flexibility index (Phi) is 4.56. The lowest BCUT2D eigenvalue weighted by Crippen LogP contribution is -2.14. The average molecular weight is 336 g/mol. The van der Waals surface area contributed by atoms with Crippen molar-refractivity contribution in [2.45, 2.75) is 6.92 Å². The van der Waals surface area contributed by atoms with Crippen LogP contribution in [0.4, 0.5) is 5.69 Å². The minimum absolute atomic E-state index is 0.237. The molecule has 0 saturated heterocycles. The monoisotopic (exact) mass is 336 g/mol. The van der Waals surface area contributed by atoms with Crippen LogP contribution in [0.3, 0.4) is 0 Å². The van der Waals surface area contributed by atoms with Gasteiger partial charge in [0.1, 0.15) is 0 Å². The summed E-state index contributed by atoms with van der Waals surface area (Å²) in [5.41, 5.74) is 2.48. The lowest BCUT2D eigenvalue weighted by atomic mass is 10.2. The van der Waals surface area contributed by atoms with Crippen LogP contribution in [0.15, 0.2) is 54.6 Å². The maximum atomic E-state index is 12.4. The minimum atomic E-state index is -0.431. The van der Waals surface area contributed by atoms with E-state index in [0.29, 0.717) is 16.9 Å². The molecule has 25 heavy (non-hydrogen) atoms. The van der Waals surface area contributed by atoms with Crippen LogP contribution in [0.2, 0.25) is 0 Å². The topological polar surface area (TPSA) is 86.1 Å². The van der Waals surface area contributed by atoms with E-state index >= 15 is 0 Å². The molecule has 0 unspecified atom stereocenters. The number of hydrogen-bond acceptors (Lipinski definition) is 5. The highest BCUT2D eigenvalue weighted by atomic mass is 16.5. The lowest BCUT2D eigenvalue weighted by Gasteiger charge is -2.04. The minimum Gasteiger partial charge on any atom is -0.465 e. The van der Waals surface area contributed by atoms with Gasteiger partial charge in [0.2, 0.25) is 0 Å². The van der Waals surface area contributed by atoms with Crippen molar-refractivity contribution < 1.29 is 14.3 Å². The van der Waals surface area contributed by atoms with E-state index in [9.17, 15) is 9.59 Å². The van der Waals surface area contributed by atoms with Crippen molar-refractivity contribution in [2.75, 3.05) is 12.4 Å². The van der Waals surface area contributed by atoms with Crippen LogP contribution in [0.1, 0.15) is 26.5 Å². The molecule has 126 valence electrons. The molecule has 0 atom stereocenters. The number of esters is 1. The van der Waals surface area contributed by atoms with Crippen LogP contribution in [-0.2, 0) is 4.74 Å². The van der Waals surface area contributed by atoms with Gasteiger partial charge in [-0.25, -0.2) is 4.79 Å². The molecule has 0 aliphatic rings. The molecule has 0 aliphatic heterocycles. The van der Waals surface area contributed by atoms with Gasteiger partial charge in [-0.2, -0.15) is 9.90 Å². The van der Waals surface area contributed by atoms with Crippen molar-refractivity contribution >= 4 is 17.6 Å². The molecule has 1 N–H and O–H groups in total. The van der Waals surface area contributed by atoms with Crippen molar-refractivity contribution in [1.29, 1.82) is 0 Å². The third-order valence-corrected chi connectivity index (χ3v) is 3.55. The molecule has 0 radical (unpaired) electrons. The molecule has 0 fully saturated rings. The predicted octanol–water partition coefficient (Wildman–Crippen LogP) is 2.61. The van der Waals surface area contributed by atoms with E-state index in [1.807, 2.05) is 30.3 Å². The van der Waals surface area contributed by atoms with Crippen molar-refractivity contribution in [1.82, 2.24) is 15.0 Å². The van der Waals surface area contributed by atoms with E-state index in [4.69, 9.17) is 0 Å². The number of carbonyl (C=O) groups excluding carboxylic acids is 2. The number of nitrogens with one attached hydrogen (secondary N) is 1. The van der Waals surface area contributed by atoms with Gasteiger partial charge in [0.05, 0.1) is 24.1 Å². The third-order valence-electron chi connectivity index (χ3n) is 3.55. The van der Waals surface area contributed by atoms with E-state index in [0.717, 1.165) is 5.69 Å². The molecular weight excluding hydrogens is 320 g/mol. The van der Waals surface area contributed by atoms with Gasteiger partial charge >= 0.3 is 5.97 Å². The largest absolute Gasteiger partial charge is 0.465 e. The number of carbonyl (C=O) groups is 2. The van der Waals surface area contributed by atoms with Crippen LogP contribution < -0.4 is 5.32 Å². The van der Waals surface area contributed by atoms with Gasteiger partial charge in [-0.1, -0.05) is 18.2 Å². The van der Waals surface area contributed by atoms with Gasteiger partial charge in [0.15, 0.2) is 5.69 Å². The fourth-order valence-corrected chi connectivity index (χ4v) is 2.26. The summed E-state index contributed by atoms with van der Waals surface area (Å²) in [6, 6.07) is 15.8. The van der Waals surface area contributed by atoms with Gasteiger partial charge in [-0.15, -0.1) is 5.10 Å². The first-order chi connectivity index (χ1) is 12.1. The molecule has 3 rings (SSSR count). The first-order valence-electron chi connectivity index (χ1n) is 7.57. The zero-order chi connectivity index (χ0) is 17.8. The second-order valence-corrected chi connectivity index (χ2v) is 5.28. The Morgan fingerprint density at radius 3 is 2.32 bits per heavy atom. The van der Waals surface area contributed by atoms with Gasteiger partial charge in [0.25, 0.3) is 5.91 Å². The van der Waals surface area contributed by atoms with Gasteiger partial charge < -0.3 is 10.1 Å². The Balaban J connectivity index is 1.78. The van der Waals surface area contributed by atoms with E-state index in [-0.39, 0.29) is 11.6 Å². The number of amides is 1.